The molecule has 1 aromatic carbocycles. The number of benzene rings is 1. The predicted octanol–water partition coefficient (Wildman–Crippen LogP) is 5.79. The quantitative estimate of drug-likeness (QED) is 0.346. The number of ketones is 1. The Morgan fingerprint density at radius 3 is 2.55 bits per heavy atom. The molecule has 1 rings (SSSR count). The molecule has 1 aromatic rings. The molecule has 0 saturated heterocycles. The van der Waals surface area contributed by atoms with Gasteiger partial charge in [0.15, 0.2) is 5.78 Å². The van der Waals surface area contributed by atoms with Crippen molar-refractivity contribution in [3.8, 4) is 0 Å². The van der Waals surface area contributed by atoms with E-state index in [1.807, 2.05) is 6.08 Å². The van der Waals surface area contributed by atoms with Crippen LogP contribution < -0.4 is 0 Å². The van der Waals surface area contributed by atoms with E-state index in [2.05, 4.69) is 22.5 Å². The number of hydrogen-bond acceptors (Lipinski definition) is 1. The van der Waals surface area contributed by atoms with Gasteiger partial charge in [0.05, 0.1) is 5.56 Å². The standard InChI is InChI=1S/C15H16BrF3O/c1-2-3-4-5-6-7-14(20)11-8-9-13(16)12(10-11)15(17,18)19/h2,8-10H,1,3-7H2. The van der Waals surface area contributed by atoms with Crippen molar-refractivity contribution >= 4 is 21.7 Å². The Labute approximate surface area is 125 Å². The third-order valence-electron chi connectivity index (χ3n) is 2.91. The van der Waals surface area contributed by atoms with Crippen LogP contribution in [-0.4, -0.2) is 5.78 Å². The molecule has 0 aliphatic rings. The van der Waals surface area contributed by atoms with Crippen LogP contribution in [0.5, 0.6) is 0 Å². The molecule has 5 heteroatoms. The topological polar surface area (TPSA) is 17.1 Å². The summed E-state index contributed by atoms with van der Waals surface area (Å²) >= 11 is 2.86. The summed E-state index contributed by atoms with van der Waals surface area (Å²) in [7, 11) is 0. The fraction of sp³-hybridized carbons (Fsp3) is 0.400. The van der Waals surface area contributed by atoms with E-state index in [1.165, 1.54) is 12.1 Å². The molecule has 0 saturated carbocycles. The van der Waals surface area contributed by atoms with E-state index in [-0.39, 0.29) is 22.2 Å². The van der Waals surface area contributed by atoms with Crippen molar-refractivity contribution in [3.63, 3.8) is 0 Å². The van der Waals surface area contributed by atoms with Crippen molar-refractivity contribution in [1.29, 1.82) is 0 Å². The van der Waals surface area contributed by atoms with Gasteiger partial charge in [-0.05, 0) is 31.4 Å². The minimum absolute atomic E-state index is 0.0486. The molecule has 0 radical (unpaired) electrons. The maximum Gasteiger partial charge on any atom is 0.417 e. The molecular weight excluding hydrogens is 333 g/mol. The van der Waals surface area contributed by atoms with Crippen molar-refractivity contribution in [2.75, 3.05) is 0 Å². The maximum absolute atomic E-state index is 12.7. The molecule has 0 aromatic heterocycles. The van der Waals surface area contributed by atoms with Gasteiger partial charge < -0.3 is 0 Å². The number of rotatable bonds is 7. The second-order valence-corrected chi connectivity index (χ2v) is 5.36. The Morgan fingerprint density at radius 2 is 1.95 bits per heavy atom. The Bertz CT molecular complexity index is 480. The van der Waals surface area contributed by atoms with Gasteiger partial charge in [0, 0.05) is 16.5 Å². The second kappa shape index (κ2) is 7.62. The van der Waals surface area contributed by atoms with Crippen LogP contribution in [0, 0.1) is 0 Å². The lowest BCUT2D eigenvalue weighted by atomic mass is 10.0. The smallest absolute Gasteiger partial charge is 0.294 e. The van der Waals surface area contributed by atoms with Gasteiger partial charge in [0.2, 0.25) is 0 Å². The van der Waals surface area contributed by atoms with Crippen molar-refractivity contribution in [2.45, 2.75) is 38.3 Å². The highest BCUT2D eigenvalue weighted by atomic mass is 79.9. The fourth-order valence-corrected chi connectivity index (χ4v) is 2.28. The molecule has 0 bridgehead atoms. The van der Waals surface area contributed by atoms with Crippen LogP contribution in [0.1, 0.15) is 48.0 Å². The Balaban J connectivity index is 2.67. The zero-order valence-corrected chi connectivity index (χ0v) is 12.6. The number of unbranched alkanes of at least 4 members (excludes halogenated alkanes) is 3. The van der Waals surface area contributed by atoms with Gasteiger partial charge in [0.1, 0.15) is 0 Å². The van der Waals surface area contributed by atoms with Crippen molar-refractivity contribution < 1.29 is 18.0 Å². The van der Waals surface area contributed by atoms with Crippen LogP contribution in [0.25, 0.3) is 0 Å². The van der Waals surface area contributed by atoms with Gasteiger partial charge in [-0.15, -0.1) is 6.58 Å². The largest absolute Gasteiger partial charge is 0.417 e. The van der Waals surface area contributed by atoms with E-state index in [9.17, 15) is 18.0 Å². The number of alkyl halides is 3. The number of carbonyl (C=O) groups excluding carboxylic acids is 1. The minimum atomic E-state index is -4.46. The average molecular weight is 349 g/mol. The summed E-state index contributed by atoms with van der Waals surface area (Å²) in [6.45, 7) is 3.60. The summed E-state index contributed by atoms with van der Waals surface area (Å²) in [6, 6.07) is 3.61. The van der Waals surface area contributed by atoms with Gasteiger partial charge in [-0.1, -0.05) is 34.5 Å². The highest BCUT2D eigenvalue weighted by Gasteiger charge is 2.33. The summed E-state index contributed by atoms with van der Waals surface area (Å²) in [5, 5.41) is 0. The number of allylic oxidation sites excluding steroid dienone is 1. The molecule has 0 aliphatic carbocycles. The molecular formula is C15H16BrF3O. The van der Waals surface area contributed by atoms with Gasteiger partial charge in [-0.3, -0.25) is 4.79 Å². The first-order valence-electron chi connectivity index (χ1n) is 6.37. The van der Waals surface area contributed by atoms with E-state index in [0.29, 0.717) is 6.42 Å². The molecule has 1 nitrogen and oxygen atoms in total. The lowest BCUT2D eigenvalue weighted by molar-refractivity contribution is -0.138. The first kappa shape index (κ1) is 17.0. The number of halogens is 4. The zero-order chi connectivity index (χ0) is 15.2. The predicted molar refractivity (Wildman–Crippen MR) is 76.8 cm³/mol. The molecule has 20 heavy (non-hydrogen) atoms. The Kier molecular flexibility index (Phi) is 6.46. The average Bonchev–Trinajstić information content (AvgIpc) is 2.37. The van der Waals surface area contributed by atoms with Gasteiger partial charge in [-0.25, -0.2) is 0 Å². The Morgan fingerprint density at radius 1 is 1.25 bits per heavy atom. The first-order valence-corrected chi connectivity index (χ1v) is 7.16. The summed E-state index contributed by atoms with van der Waals surface area (Å²) in [4.78, 5) is 11.9. The van der Waals surface area contributed by atoms with Crippen molar-refractivity contribution in [3.05, 3.63) is 46.5 Å². The monoisotopic (exact) mass is 348 g/mol. The van der Waals surface area contributed by atoms with Gasteiger partial charge in [0.25, 0.3) is 0 Å². The molecule has 0 N–H and O–H groups in total. The molecule has 110 valence electrons. The molecule has 0 heterocycles. The molecule has 0 spiro atoms. The minimum Gasteiger partial charge on any atom is -0.294 e. The normalized spacial score (nSPS) is 11.4. The van der Waals surface area contributed by atoms with Crippen molar-refractivity contribution in [1.82, 2.24) is 0 Å². The van der Waals surface area contributed by atoms with E-state index in [4.69, 9.17) is 0 Å². The number of Topliss-reactive ketones (excluding diaryl/α,β-unsaturated/α-hetero) is 1. The second-order valence-electron chi connectivity index (χ2n) is 4.50. The number of carbonyl (C=O) groups is 1. The van der Waals surface area contributed by atoms with Crippen LogP contribution in [0.3, 0.4) is 0 Å². The Hall–Kier alpha value is -1.10. The van der Waals surface area contributed by atoms with E-state index in [1.54, 1.807) is 0 Å². The summed E-state index contributed by atoms with van der Waals surface area (Å²) < 4.78 is 38.1. The van der Waals surface area contributed by atoms with E-state index >= 15 is 0 Å². The lowest BCUT2D eigenvalue weighted by Gasteiger charge is -2.10. The molecule has 0 fully saturated rings. The number of hydrogen-bond donors (Lipinski definition) is 0. The van der Waals surface area contributed by atoms with Crippen LogP contribution >= 0.6 is 15.9 Å². The van der Waals surface area contributed by atoms with Gasteiger partial charge in [-0.2, -0.15) is 13.2 Å². The summed E-state index contributed by atoms with van der Waals surface area (Å²) in [6.07, 6.45) is 1.03. The molecule has 0 aliphatic heterocycles. The first-order chi connectivity index (χ1) is 9.36. The zero-order valence-electron chi connectivity index (χ0n) is 11.0. The highest BCUT2D eigenvalue weighted by molar-refractivity contribution is 9.10. The molecule has 0 amide bonds. The van der Waals surface area contributed by atoms with Gasteiger partial charge >= 0.3 is 6.18 Å². The van der Waals surface area contributed by atoms with E-state index in [0.717, 1.165) is 25.3 Å². The van der Waals surface area contributed by atoms with Crippen LogP contribution in [0.2, 0.25) is 0 Å². The lowest BCUT2D eigenvalue weighted by Crippen LogP contribution is -2.08. The third-order valence-corrected chi connectivity index (χ3v) is 3.60. The van der Waals surface area contributed by atoms with Crippen molar-refractivity contribution in [2.24, 2.45) is 0 Å². The summed E-state index contributed by atoms with van der Waals surface area (Å²) in [5.41, 5.74) is -0.695. The van der Waals surface area contributed by atoms with Crippen LogP contribution in [-0.2, 0) is 6.18 Å². The SMILES string of the molecule is C=CCCCCCC(=O)c1ccc(Br)c(C(F)(F)F)c1. The maximum atomic E-state index is 12.7. The van der Waals surface area contributed by atoms with Crippen LogP contribution in [0.15, 0.2) is 35.3 Å². The fourth-order valence-electron chi connectivity index (χ4n) is 1.81. The molecule has 0 atom stereocenters. The van der Waals surface area contributed by atoms with E-state index < -0.39 is 11.7 Å². The summed E-state index contributed by atoms with van der Waals surface area (Å²) in [5.74, 6) is -0.249. The third kappa shape index (κ3) is 5.12. The highest BCUT2D eigenvalue weighted by Crippen LogP contribution is 2.35. The van der Waals surface area contributed by atoms with Crippen LogP contribution in [0.4, 0.5) is 13.2 Å². The molecule has 0 unspecified atom stereocenters.